The van der Waals surface area contributed by atoms with Crippen LogP contribution in [0.25, 0.3) is 0 Å². The van der Waals surface area contributed by atoms with Crippen molar-refractivity contribution in [3.63, 3.8) is 0 Å². The molecule has 2 unspecified atom stereocenters. The van der Waals surface area contributed by atoms with Crippen molar-refractivity contribution in [2.45, 2.75) is 51.2 Å². The summed E-state index contributed by atoms with van der Waals surface area (Å²) < 4.78 is 5.73. The third-order valence-electron chi connectivity index (χ3n) is 4.14. The molecule has 1 aliphatic heterocycles. The first-order chi connectivity index (χ1) is 7.81. The maximum atomic E-state index is 10.4. The van der Waals surface area contributed by atoms with Crippen LogP contribution in [0.2, 0.25) is 0 Å². The number of morpholine rings is 1. The molecule has 0 aromatic carbocycles. The van der Waals surface area contributed by atoms with Gasteiger partial charge in [-0.05, 0) is 25.3 Å². The average molecular weight is 227 g/mol. The molecule has 2 aliphatic rings. The quantitative estimate of drug-likeness (QED) is 0.795. The molecule has 2 atom stereocenters. The average Bonchev–Trinajstić information content (AvgIpc) is 2.39. The summed E-state index contributed by atoms with van der Waals surface area (Å²) in [5, 5.41) is 10.4. The van der Waals surface area contributed by atoms with Gasteiger partial charge in [0.15, 0.2) is 0 Å². The molecule has 1 heterocycles. The molecule has 94 valence electrons. The summed E-state index contributed by atoms with van der Waals surface area (Å²) in [5.74, 6) is 0.482. The topological polar surface area (TPSA) is 32.7 Å². The van der Waals surface area contributed by atoms with Crippen molar-refractivity contribution in [2.24, 2.45) is 5.92 Å². The van der Waals surface area contributed by atoms with Crippen LogP contribution in [0.1, 0.15) is 39.0 Å². The summed E-state index contributed by atoms with van der Waals surface area (Å²) in [4.78, 5) is 2.38. The Bertz CT molecular complexity index is 204. The lowest BCUT2D eigenvalue weighted by molar-refractivity contribution is -0.108. The first-order valence-electron chi connectivity index (χ1n) is 6.83. The Kier molecular flexibility index (Phi) is 4.62. The molecular weight excluding hydrogens is 202 g/mol. The summed E-state index contributed by atoms with van der Waals surface area (Å²) in [7, 11) is 0. The van der Waals surface area contributed by atoms with Gasteiger partial charge < -0.3 is 9.84 Å². The second kappa shape index (κ2) is 5.99. The Morgan fingerprint density at radius 2 is 2.06 bits per heavy atom. The number of likely N-dealkylation sites (N-methyl/N-ethyl adjacent to an activating group) is 1. The van der Waals surface area contributed by atoms with Gasteiger partial charge in [0.25, 0.3) is 0 Å². The highest BCUT2D eigenvalue weighted by Crippen LogP contribution is 2.29. The van der Waals surface area contributed by atoms with Crippen LogP contribution in [-0.2, 0) is 4.74 Å². The molecule has 0 bridgehead atoms. The van der Waals surface area contributed by atoms with E-state index in [0.717, 1.165) is 26.2 Å². The van der Waals surface area contributed by atoms with Crippen molar-refractivity contribution in [1.29, 1.82) is 0 Å². The highest BCUT2D eigenvalue weighted by Gasteiger charge is 2.32. The van der Waals surface area contributed by atoms with Crippen molar-refractivity contribution in [3.8, 4) is 0 Å². The molecule has 3 nitrogen and oxygen atoms in total. The fraction of sp³-hybridized carbons (Fsp3) is 1.00. The molecule has 0 amide bonds. The lowest BCUT2D eigenvalue weighted by Gasteiger charge is -2.38. The lowest BCUT2D eigenvalue weighted by atomic mass is 9.83. The van der Waals surface area contributed by atoms with Gasteiger partial charge in [0.2, 0.25) is 0 Å². The first kappa shape index (κ1) is 12.3. The number of aliphatic hydroxyl groups excluding tert-OH is 1. The van der Waals surface area contributed by atoms with E-state index < -0.39 is 0 Å². The van der Waals surface area contributed by atoms with E-state index in [-0.39, 0.29) is 12.2 Å². The molecule has 1 saturated carbocycles. The predicted octanol–water partition coefficient (Wildman–Crippen LogP) is 1.65. The van der Waals surface area contributed by atoms with Crippen molar-refractivity contribution >= 4 is 0 Å². The van der Waals surface area contributed by atoms with Gasteiger partial charge in [0.05, 0.1) is 18.8 Å². The Balaban J connectivity index is 1.84. The molecule has 3 heteroatoms. The molecule has 2 fully saturated rings. The molecule has 1 saturated heterocycles. The summed E-state index contributed by atoms with van der Waals surface area (Å²) in [5.41, 5.74) is 0. The molecule has 0 aromatic heterocycles. The summed E-state index contributed by atoms with van der Waals surface area (Å²) >= 11 is 0. The zero-order valence-corrected chi connectivity index (χ0v) is 10.4. The van der Waals surface area contributed by atoms with Crippen LogP contribution in [0, 0.1) is 5.92 Å². The maximum Gasteiger partial charge on any atom is 0.0963 e. The van der Waals surface area contributed by atoms with Gasteiger partial charge in [-0.15, -0.1) is 0 Å². The highest BCUT2D eigenvalue weighted by atomic mass is 16.5. The zero-order chi connectivity index (χ0) is 11.4. The molecule has 0 radical (unpaired) electrons. The minimum absolute atomic E-state index is 0.0526. The highest BCUT2D eigenvalue weighted by molar-refractivity contribution is 4.83. The third-order valence-corrected chi connectivity index (χ3v) is 4.14. The molecule has 0 aromatic rings. The van der Waals surface area contributed by atoms with E-state index in [1.165, 1.54) is 32.1 Å². The number of nitrogens with zero attached hydrogens (tertiary/aromatic N) is 1. The van der Waals surface area contributed by atoms with Crippen molar-refractivity contribution in [1.82, 2.24) is 4.90 Å². The summed E-state index contributed by atoms with van der Waals surface area (Å²) in [6, 6.07) is 0. The van der Waals surface area contributed by atoms with Crippen LogP contribution in [-0.4, -0.2) is 48.5 Å². The second-order valence-corrected chi connectivity index (χ2v) is 5.19. The summed E-state index contributed by atoms with van der Waals surface area (Å²) in [6.07, 6.45) is 6.10. The maximum absolute atomic E-state index is 10.4. The fourth-order valence-corrected chi connectivity index (χ4v) is 3.00. The predicted molar refractivity (Wildman–Crippen MR) is 64.4 cm³/mol. The van der Waals surface area contributed by atoms with E-state index in [1.54, 1.807) is 0 Å². The van der Waals surface area contributed by atoms with E-state index in [2.05, 4.69) is 11.8 Å². The van der Waals surface area contributed by atoms with Crippen molar-refractivity contribution in [2.75, 3.05) is 26.2 Å². The van der Waals surface area contributed by atoms with Crippen LogP contribution < -0.4 is 0 Å². The number of ether oxygens (including phenoxy) is 1. The minimum atomic E-state index is -0.241. The van der Waals surface area contributed by atoms with Crippen LogP contribution in [0.15, 0.2) is 0 Å². The normalized spacial score (nSPS) is 31.5. The van der Waals surface area contributed by atoms with Crippen LogP contribution in [0.4, 0.5) is 0 Å². The van der Waals surface area contributed by atoms with E-state index in [4.69, 9.17) is 4.74 Å². The largest absolute Gasteiger partial charge is 0.390 e. The number of hydrogen-bond donors (Lipinski definition) is 1. The SMILES string of the molecule is CCN1CCOC(C(O)C2CCCCC2)C1. The van der Waals surface area contributed by atoms with Gasteiger partial charge >= 0.3 is 0 Å². The molecule has 1 N–H and O–H groups in total. The monoisotopic (exact) mass is 227 g/mol. The third kappa shape index (κ3) is 2.96. The van der Waals surface area contributed by atoms with Crippen molar-refractivity contribution < 1.29 is 9.84 Å². The fourth-order valence-electron chi connectivity index (χ4n) is 3.00. The van der Waals surface area contributed by atoms with Gasteiger partial charge in [0.1, 0.15) is 0 Å². The molecule has 0 spiro atoms. The molecule has 1 aliphatic carbocycles. The Morgan fingerprint density at radius 1 is 1.31 bits per heavy atom. The number of hydrogen-bond acceptors (Lipinski definition) is 3. The van der Waals surface area contributed by atoms with E-state index in [9.17, 15) is 5.11 Å². The van der Waals surface area contributed by atoms with Gasteiger partial charge in [-0.2, -0.15) is 0 Å². The molecular formula is C13H25NO2. The smallest absolute Gasteiger partial charge is 0.0963 e. The van der Waals surface area contributed by atoms with Crippen LogP contribution in [0.3, 0.4) is 0 Å². The Labute approximate surface area is 98.8 Å². The number of aliphatic hydroxyl groups is 1. The molecule has 16 heavy (non-hydrogen) atoms. The first-order valence-corrected chi connectivity index (χ1v) is 6.83. The van der Waals surface area contributed by atoms with E-state index in [1.807, 2.05) is 0 Å². The van der Waals surface area contributed by atoms with Gasteiger partial charge in [-0.1, -0.05) is 26.2 Å². The lowest BCUT2D eigenvalue weighted by Crippen LogP contribution is -2.49. The standard InChI is InChI=1S/C13H25NO2/c1-2-14-8-9-16-12(10-14)13(15)11-6-4-3-5-7-11/h11-13,15H,2-10H2,1H3. The molecule has 2 rings (SSSR count). The Morgan fingerprint density at radius 3 is 2.75 bits per heavy atom. The van der Waals surface area contributed by atoms with Crippen LogP contribution >= 0.6 is 0 Å². The summed E-state index contributed by atoms with van der Waals surface area (Å²) in [6.45, 7) is 5.95. The van der Waals surface area contributed by atoms with Gasteiger partial charge in [0, 0.05) is 13.1 Å². The van der Waals surface area contributed by atoms with Crippen LogP contribution in [0.5, 0.6) is 0 Å². The minimum Gasteiger partial charge on any atom is -0.390 e. The van der Waals surface area contributed by atoms with Gasteiger partial charge in [-0.25, -0.2) is 0 Å². The van der Waals surface area contributed by atoms with E-state index >= 15 is 0 Å². The number of rotatable bonds is 3. The van der Waals surface area contributed by atoms with E-state index in [0.29, 0.717) is 5.92 Å². The Hall–Kier alpha value is -0.120. The zero-order valence-electron chi connectivity index (χ0n) is 10.4. The van der Waals surface area contributed by atoms with Gasteiger partial charge in [-0.3, -0.25) is 4.90 Å². The van der Waals surface area contributed by atoms with Crippen molar-refractivity contribution in [3.05, 3.63) is 0 Å². The second-order valence-electron chi connectivity index (χ2n) is 5.19.